The highest BCUT2D eigenvalue weighted by Crippen LogP contribution is 2.19. The largest absolute Gasteiger partial charge is 0.481 e. The molecule has 1 fully saturated rings. The van der Waals surface area contributed by atoms with Crippen LogP contribution >= 0.6 is 0 Å². The maximum atomic E-state index is 12.7. The van der Waals surface area contributed by atoms with E-state index in [4.69, 9.17) is 9.84 Å². The molecule has 0 saturated carbocycles. The van der Waals surface area contributed by atoms with Gasteiger partial charge in [0.1, 0.15) is 0 Å². The van der Waals surface area contributed by atoms with Crippen LogP contribution in [0.4, 0.5) is 0 Å². The SMILES string of the molecule is Cc1c(C(=O)N2CCOC[C@H]2CC(=O)O)cnn1C(C)C. The van der Waals surface area contributed by atoms with Crippen molar-refractivity contribution in [2.24, 2.45) is 0 Å². The third-order valence-corrected chi connectivity index (χ3v) is 3.66. The Morgan fingerprint density at radius 1 is 1.52 bits per heavy atom. The Morgan fingerprint density at radius 2 is 2.24 bits per heavy atom. The van der Waals surface area contributed by atoms with Crippen LogP contribution in [0.5, 0.6) is 0 Å². The monoisotopic (exact) mass is 295 g/mol. The summed E-state index contributed by atoms with van der Waals surface area (Å²) in [5.41, 5.74) is 1.33. The van der Waals surface area contributed by atoms with Gasteiger partial charge in [0.15, 0.2) is 0 Å². The lowest BCUT2D eigenvalue weighted by atomic mass is 10.1. The number of aliphatic carboxylic acids is 1. The molecule has 2 rings (SSSR count). The van der Waals surface area contributed by atoms with Gasteiger partial charge in [0, 0.05) is 18.3 Å². The van der Waals surface area contributed by atoms with E-state index in [-0.39, 0.29) is 25.0 Å². The molecular formula is C14H21N3O4. The summed E-state index contributed by atoms with van der Waals surface area (Å²) < 4.78 is 7.09. The van der Waals surface area contributed by atoms with E-state index in [1.165, 1.54) is 0 Å². The van der Waals surface area contributed by atoms with Crippen molar-refractivity contribution in [1.29, 1.82) is 0 Å². The van der Waals surface area contributed by atoms with Crippen molar-refractivity contribution in [3.05, 3.63) is 17.5 Å². The Hall–Kier alpha value is -1.89. The molecule has 0 aliphatic carbocycles. The average molecular weight is 295 g/mol. The number of ether oxygens (including phenoxy) is 1. The Balaban J connectivity index is 2.22. The zero-order valence-electron chi connectivity index (χ0n) is 12.6. The van der Waals surface area contributed by atoms with Crippen molar-refractivity contribution >= 4 is 11.9 Å². The third kappa shape index (κ3) is 3.24. The van der Waals surface area contributed by atoms with E-state index in [1.807, 2.05) is 20.8 Å². The zero-order valence-corrected chi connectivity index (χ0v) is 12.6. The number of rotatable bonds is 4. The molecule has 21 heavy (non-hydrogen) atoms. The third-order valence-electron chi connectivity index (χ3n) is 3.66. The van der Waals surface area contributed by atoms with E-state index in [1.54, 1.807) is 15.8 Å². The van der Waals surface area contributed by atoms with E-state index < -0.39 is 12.0 Å². The molecule has 7 heteroatoms. The summed E-state index contributed by atoms with van der Waals surface area (Å²) in [6.45, 7) is 6.94. The molecule has 7 nitrogen and oxygen atoms in total. The van der Waals surface area contributed by atoms with Crippen LogP contribution in [0.2, 0.25) is 0 Å². The summed E-state index contributed by atoms with van der Waals surface area (Å²) in [7, 11) is 0. The predicted molar refractivity (Wildman–Crippen MR) is 75.2 cm³/mol. The van der Waals surface area contributed by atoms with Crippen molar-refractivity contribution in [2.75, 3.05) is 19.8 Å². The van der Waals surface area contributed by atoms with Gasteiger partial charge in [-0.05, 0) is 20.8 Å². The number of carbonyl (C=O) groups excluding carboxylic acids is 1. The van der Waals surface area contributed by atoms with Crippen molar-refractivity contribution < 1.29 is 19.4 Å². The quantitative estimate of drug-likeness (QED) is 0.898. The Kier molecular flexibility index (Phi) is 4.62. The molecule has 0 aromatic carbocycles. The normalized spacial score (nSPS) is 19.0. The maximum absolute atomic E-state index is 12.7. The maximum Gasteiger partial charge on any atom is 0.305 e. The number of morpholine rings is 1. The van der Waals surface area contributed by atoms with Crippen molar-refractivity contribution in [3.63, 3.8) is 0 Å². The molecule has 1 atom stereocenters. The average Bonchev–Trinajstić information content (AvgIpc) is 2.80. The lowest BCUT2D eigenvalue weighted by Gasteiger charge is -2.34. The molecule has 1 aromatic rings. The van der Waals surface area contributed by atoms with Crippen molar-refractivity contribution in [2.45, 2.75) is 39.3 Å². The fraction of sp³-hybridized carbons (Fsp3) is 0.643. The van der Waals surface area contributed by atoms with Gasteiger partial charge in [0.2, 0.25) is 0 Å². The molecule has 1 aliphatic heterocycles. The second-order valence-electron chi connectivity index (χ2n) is 5.51. The highest BCUT2D eigenvalue weighted by molar-refractivity contribution is 5.95. The molecule has 1 N–H and O–H groups in total. The Labute approximate surface area is 123 Å². The molecule has 0 bridgehead atoms. The van der Waals surface area contributed by atoms with E-state index >= 15 is 0 Å². The van der Waals surface area contributed by atoms with Gasteiger partial charge in [0.05, 0.1) is 37.4 Å². The lowest BCUT2D eigenvalue weighted by Crippen LogP contribution is -2.49. The first-order valence-electron chi connectivity index (χ1n) is 7.06. The molecule has 1 saturated heterocycles. The van der Waals surface area contributed by atoms with Crippen LogP contribution in [0.1, 0.15) is 42.4 Å². The van der Waals surface area contributed by atoms with Crippen LogP contribution in [0.25, 0.3) is 0 Å². The second kappa shape index (κ2) is 6.26. The van der Waals surface area contributed by atoms with Gasteiger partial charge in [-0.15, -0.1) is 0 Å². The summed E-state index contributed by atoms with van der Waals surface area (Å²) in [6.07, 6.45) is 1.45. The summed E-state index contributed by atoms with van der Waals surface area (Å²) in [6, 6.07) is -0.253. The molecule has 1 aromatic heterocycles. The minimum Gasteiger partial charge on any atom is -0.481 e. The highest BCUT2D eigenvalue weighted by atomic mass is 16.5. The standard InChI is InChI=1S/C14H21N3O4/c1-9(2)17-10(3)12(7-15-17)14(20)16-4-5-21-8-11(16)6-13(18)19/h7,9,11H,4-6,8H2,1-3H3,(H,18,19)/t11-/m1/s1. The van der Waals surface area contributed by atoms with Crippen molar-refractivity contribution in [3.8, 4) is 0 Å². The number of hydrogen-bond acceptors (Lipinski definition) is 4. The lowest BCUT2D eigenvalue weighted by molar-refractivity contribution is -0.139. The van der Waals surface area contributed by atoms with E-state index in [0.717, 1.165) is 5.69 Å². The second-order valence-corrected chi connectivity index (χ2v) is 5.51. The number of carboxylic acid groups (broad SMARTS) is 1. The Bertz CT molecular complexity index is 538. The molecule has 0 unspecified atom stereocenters. The van der Waals surface area contributed by atoms with Gasteiger partial charge in [-0.25, -0.2) is 0 Å². The van der Waals surface area contributed by atoms with Crippen molar-refractivity contribution in [1.82, 2.24) is 14.7 Å². The predicted octanol–water partition coefficient (Wildman–Crippen LogP) is 1.09. The first-order chi connectivity index (χ1) is 9.91. The smallest absolute Gasteiger partial charge is 0.305 e. The number of carbonyl (C=O) groups is 2. The van der Waals surface area contributed by atoms with Crippen LogP contribution in [0.15, 0.2) is 6.20 Å². The van der Waals surface area contributed by atoms with Gasteiger partial charge in [-0.2, -0.15) is 5.10 Å². The topological polar surface area (TPSA) is 84.7 Å². The fourth-order valence-electron chi connectivity index (χ4n) is 2.60. The van der Waals surface area contributed by atoms with Gasteiger partial charge < -0.3 is 14.7 Å². The minimum atomic E-state index is -0.933. The zero-order chi connectivity index (χ0) is 15.6. The van der Waals surface area contributed by atoms with Crippen LogP contribution < -0.4 is 0 Å². The molecule has 0 radical (unpaired) electrons. The number of carboxylic acids is 1. The van der Waals surface area contributed by atoms with Crippen LogP contribution in [-0.4, -0.2) is 57.5 Å². The van der Waals surface area contributed by atoms with Crippen LogP contribution in [-0.2, 0) is 9.53 Å². The van der Waals surface area contributed by atoms with Crippen LogP contribution in [0.3, 0.4) is 0 Å². The number of amides is 1. The van der Waals surface area contributed by atoms with Gasteiger partial charge in [0.25, 0.3) is 5.91 Å². The van der Waals surface area contributed by atoms with Crippen LogP contribution in [0, 0.1) is 6.92 Å². The molecule has 116 valence electrons. The molecule has 2 heterocycles. The summed E-state index contributed by atoms with van der Waals surface area (Å²) in [4.78, 5) is 25.2. The van der Waals surface area contributed by atoms with E-state index in [0.29, 0.717) is 18.7 Å². The molecule has 0 spiro atoms. The first-order valence-corrected chi connectivity index (χ1v) is 7.06. The summed E-state index contributed by atoms with van der Waals surface area (Å²) in [5, 5.41) is 13.2. The van der Waals surface area contributed by atoms with E-state index in [2.05, 4.69) is 5.10 Å². The number of aromatic nitrogens is 2. The molecule has 1 aliphatic rings. The minimum absolute atomic E-state index is 0.108. The summed E-state index contributed by atoms with van der Waals surface area (Å²) >= 11 is 0. The summed E-state index contributed by atoms with van der Waals surface area (Å²) in [5.74, 6) is -1.10. The first kappa shape index (κ1) is 15.5. The van der Waals surface area contributed by atoms with E-state index in [9.17, 15) is 9.59 Å². The molecular weight excluding hydrogens is 274 g/mol. The van der Waals surface area contributed by atoms with Gasteiger partial charge in [-0.3, -0.25) is 14.3 Å². The van der Waals surface area contributed by atoms with Gasteiger partial charge in [-0.1, -0.05) is 0 Å². The Morgan fingerprint density at radius 3 is 2.81 bits per heavy atom. The molecule has 1 amide bonds. The number of nitrogens with zero attached hydrogens (tertiary/aromatic N) is 3. The highest BCUT2D eigenvalue weighted by Gasteiger charge is 2.31. The van der Waals surface area contributed by atoms with Gasteiger partial charge >= 0.3 is 5.97 Å². The fourth-order valence-corrected chi connectivity index (χ4v) is 2.60. The number of hydrogen-bond donors (Lipinski definition) is 1.